The highest BCUT2D eigenvalue weighted by molar-refractivity contribution is 7.99. The largest absolute Gasteiger partial charge is 0.496 e. The van der Waals surface area contributed by atoms with Crippen molar-refractivity contribution in [3.8, 4) is 17.1 Å². The standard InChI is InChI=1S/C22H24N4O2S/c1-3-25-21(17-9-5-7-11-19(17)28-2)23-24-22(25)29-15-13-20(27)26-14-12-16-8-4-6-10-18(16)26/h4-11H,3,12-15H2,1-2H3. The van der Waals surface area contributed by atoms with Crippen molar-refractivity contribution in [3.05, 3.63) is 54.1 Å². The van der Waals surface area contributed by atoms with Crippen LogP contribution in [0.1, 0.15) is 18.9 Å². The first-order valence-corrected chi connectivity index (χ1v) is 10.8. The SMILES string of the molecule is CCn1c(SCCC(=O)N2CCc3ccccc32)nnc1-c1ccccc1OC. The van der Waals surface area contributed by atoms with Gasteiger partial charge in [0.05, 0.1) is 12.7 Å². The number of para-hydroxylation sites is 2. The molecule has 0 bridgehead atoms. The molecule has 0 radical (unpaired) electrons. The molecule has 1 aliphatic heterocycles. The second-order valence-corrected chi connectivity index (χ2v) is 7.84. The number of hydrogen-bond acceptors (Lipinski definition) is 5. The topological polar surface area (TPSA) is 60.2 Å². The van der Waals surface area contributed by atoms with Gasteiger partial charge < -0.3 is 14.2 Å². The van der Waals surface area contributed by atoms with Crippen LogP contribution >= 0.6 is 11.8 Å². The van der Waals surface area contributed by atoms with Gasteiger partial charge >= 0.3 is 0 Å². The smallest absolute Gasteiger partial charge is 0.227 e. The number of fused-ring (bicyclic) bond motifs is 1. The lowest BCUT2D eigenvalue weighted by Gasteiger charge is -2.17. The van der Waals surface area contributed by atoms with Crippen molar-refractivity contribution in [2.45, 2.75) is 31.5 Å². The molecule has 3 aromatic rings. The van der Waals surface area contributed by atoms with Gasteiger partial charge in [0.15, 0.2) is 11.0 Å². The number of aromatic nitrogens is 3. The van der Waals surface area contributed by atoms with E-state index in [0.29, 0.717) is 12.2 Å². The highest BCUT2D eigenvalue weighted by atomic mass is 32.2. The molecular weight excluding hydrogens is 384 g/mol. The first-order chi connectivity index (χ1) is 14.2. The van der Waals surface area contributed by atoms with Crippen molar-refractivity contribution in [1.29, 1.82) is 0 Å². The predicted molar refractivity (Wildman–Crippen MR) is 116 cm³/mol. The van der Waals surface area contributed by atoms with Crippen molar-refractivity contribution < 1.29 is 9.53 Å². The molecule has 1 aromatic heterocycles. The van der Waals surface area contributed by atoms with Crippen LogP contribution in [0.25, 0.3) is 11.4 Å². The molecule has 0 saturated carbocycles. The Morgan fingerprint density at radius 2 is 1.93 bits per heavy atom. The van der Waals surface area contributed by atoms with E-state index in [4.69, 9.17) is 4.74 Å². The van der Waals surface area contributed by atoms with Gasteiger partial charge in [0, 0.05) is 31.0 Å². The summed E-state index contributed by atoms with van der Waals surface area (Å²) in [6.45, 7) is 3.58. The van der Waals surface area contributed by atoms with Gasteiger partial charge in [0.25, 0.3) is 0 Å². The zero-order chi connectivity index (χ0) is 20.2. The number of amides is 1. The Kier molecular flexibility index (Phi) is 5.85. The number of rotatable bonds is 7. The van der Waals surface area contributed by atoms with Crippen molar-refractivity contribution >= 4 is 23.4 Å². The molecule has 0 aliphatic carbocycles. The lowest BCUT2D eigenvalue weighted by molar-refractivity contribution is -0.118. The summed E-state index contributed by atoms with van der Waals surface area (Å²) in [4.78, 5) is 14.6. The molecule has 0 fully saturated rings. The lowest BCUT2D eigenvalue weighted by atomic mass is 10.2. The Morgan fingerprint density at radius 3 is 2.76 bits per heavy atom. The van der Waals surface area contributed by atoms with E-state index in [1.54, 1.807) is 18.9 Å². The number of carbonyl (C=O) groups is 1. The van der Waals surface area contributed by atoms with Gasteiger partial charge in [-0.15, -0.1) is 10.2 Å². The van der Waals surface area contributed by atoms with E-state index in [0.717, 1.165) is 47.5 Å². The predicted octanol–water partition coefficient (Wildman–Crippen LogP) is 4.05. The maximum absolute atomic E-state index is 12.7. The van der Waals surface area contributed by atoms with Crippen LogP contribution in [0, 0.1) is 0 Å². The fourth-order valence-electron chi connectivity index (χ4n) is 3.67. The van der Waals surface area contributed by atoms with E-state index in [2.05, 4.69) is 27.8 Å². The lowest BCUT2D eigenvalue weighted by Crippen LogP contribution is -2.29. The van der Waals surface area contributed by atoms with E-state index in [1.165, 1.54) is 5.56 Å². The Balaban J connectivity index is 1.43. The van der Waals surface area contributed by atoms with Crippen LogP contribution in [-0.4, -0.2) is 40.1 Å². The third-order valence-corrected chi connectivity index (χ3v) is 6.08. The van der Waals surface area contributed by atoms with Gasteiger partial charge in [-0.25, -0.2) is 0 Å². The first-order valence-electron chi connectivity index (χ1n) is 9.80. The van der Waals surface area contributed by atoms with E-state index >= 15 is 0 Å². The molecule has 29 heavy (non-hydrogen) atoms. The van der Waals surface area contributed by atoms with Gasteiger partial charge in [0.1, 0.15) is 5.75 Å². The van der Waals surface area contributed by atoms with Crippen LogP contribution in [0.5, 0.6) is 5.75 Å². The summed E-state index contributed by atoms with van der Waals surface area (Å²) in [6, 6.07) is 15.9. The van der Waals surface area contributed by atoms with E-state index in [9.17, 15) is 4.79 Å². The van der Waals surface area contributed by atoms with Crippen molar-refractivity contribution in [2.75, 3.05) is 24.3 Å². The summed E-state index contributed by atoms with van der Waals surface area (Å²) in [7, 11) is 1.66. The molecule has 6 nitrogen and oxygen atoms in total. The summed E-state index contributed by atoms with van der Waals surface area (Å²) in [5.74, 6) is 2.39. The Morgan fingerprint density at radius 1 is 1.14 bits per heavy atom. The zero-order valence-corrected chi connectivity index (χ0v) is 17.5. The van der Waals surface area contributed by atoms with Gasteiger partial charge in [-0.05, 0) is 37.1 Å². The molecule has 0 N–H and O–H groups in total. The third-order valence-electron chi connectivity index (χ3n) is 5.12. The molecule has 2 heterocycles. The van der Waals surface area contributed by atoms with Gasteiger partial charge in [0.2, 0.25) is 5.91 Å². The normalized spacial score (nSPS) is 12.8. The summed E-state index contributed by atoms with van der Waals surface area (Å²) in [6.07, 6.45) is 1.40. The van der Waals surface area contributed by atoms with E-state index < -0.39 is 0 Å². The van der Waals surface area contributed by atoms with Crippen LogP contribution in [0.4, 0.5) is 5.69 Å². The van der Waals surface area contributed by atoms with E-state index in [1.807, 2.05) is 47.4 Å². The average molecular weight is 409 g/mol. The van der Waals surface area contributed by atoms with Crippen molar-refractivity contribution in [2.24, 2.45) is 0 Å². The fourth-order valence-corrected chi connectivity index (χ4v) is 4.60. The summed E-state index contributed by atoms with van der Waals surface area (Å²) >= 11 is 1.57. The van der Waals surface area contributed by atoms with Crippen LogP contribution < -0.4 is 9.64 Å². The minimum atomic E-state index is 0.162. The molecule has 1 amide bonds. The monoisotopic (exact) mass is 408 g/mol. The summed E-state index contributed by atoms with van der Waals surface area (Å²) in [5, 5.41) is 9.57. The maximum atomic E-state index is 12.7. The quantitative estimate of drug-likeness (QED) is 0.552. The number of carbonyl (C=O) groups excluding carboxylic acids is 1. The summed E-state index contributed by atoms with van der Waals surface area (Å²) in [5.41, 5.74) is 3.22. The molecular formula is C22H24N4O2S. The third kappa shape index (κ3) is 3.87. The van der Waals surface area contributed by atoms with Crippen LogP contribution in [0.15, 0.2) is 53.7 Å². The molecule has 150 valence electrons. The molecule has 0 saturated heterocycles. The number of thioether (sulfide) groups is 1. The first kappa shape index (κ1) is 19.5. The van der Waals surface area contributed by atoms with Gasteiger partial charge in [-0.3, -0.25) is 4.79 Å². The minimum absolute atomic E-state index is 0.162. The second kappa shape index (κ2) is 8.69. The zero-order valence-electron chi connectivity index (χ0n) is 16.7. The van der Waals surface area contributed by atoms with Crippen LogP contribution in [0.2, 0.25) is 0 Å². The number of anilines is 1. The highest BCUT2D eigenvalue weighted by Crippen LogP contribution is 2.32. The highest BCUT2D eigenvalue weighted by Gasteiger charge is 2.24. The molecule has 0 atom stereocenters. The molecule has 4 rings (SSSR count). The number of hydrogen-bond donors (Lipinski definition) is 0. The van der Waals surface area contributed by atoms with E-state index in [-0.39, 0.29) is 5.91 Å². The van der Waals surface area contributed by atoms with Gasteiger partial charge in [-0.1, -0.05) is 42.1 Å². The van der Waals surface area contributed by atoms with Crippen LogP contribution in [0.3, 0.4) is 0 Å². The molecule has 7 heteroatoms. The Labute approximate surface area is 174 Å². The average Bonchev–Trinajstić information content (AvgIpc) is 3.37. The summed E-state index contributed by atoms with van der Waals surface area (Å²) < 4.78 is 7.54. The van der Waals surface area contributed by atoms with Crippen molar-refractivity contribution in [3.63, 3.8) is 0 Å². The minimum Gasteiger partial charge on any atom is -0.496 e. The molecule has 0 spiro atoms. The number of benzene rings is 2. The maximum Gasteiger partial charge on any atom is 0.227 e. The second-order valence-electron chi connectivity index (χ2n) is 6.77. The molecule has 2 aromatic carbocycles. The van der Waals surface area contributed by atoms with Gasteiger partial charge in [-0.2, -0.15) is 0 Å². The number of methoxy groups -OCH3 is 1. The molecule has 1 aliphatic rings. The Bertz CT molecular complexity index is 1020. The van der Waals surface area contributed by atoms with Crippen molar-refractivity contribution in [1.82, 2.24) is 14.8 Å². The molecule has 0 unspecified atom stereocenters. The number of nitrogens with zero attached hydrogens (tertiary/aromatic N) is 4. The van der Waals surface area contributed by atoms with Crippen LogP contribution in [-0.2, 0) is 17.8 Å². The number of ether oxygens (including phenoxy) is 1. The Hall–Kier alpha value is -2.80. The fraction of sp³-hybridized carbons (Fsp3) is 0.318.